The van der Waals surface area contributed by atoms with Gasteiger partial charge in [0.15, 0.2) is 6.29 Å². The van der Waals surface area contributed by atoms with Crippen LogP contribution in [0, 0.1) is 0 Å². The zero-order valence-electron chi connectivity index (χ0n) is 10.4. The second-order valence-corrected chi connectivity index (χ2v) is 5.27. The molecule has 0 atom stereocenters. The highest BCUT2D eigenvalue weighted by Gasteiger charge is 2.15. The number of hydrogen-bond acceptors (Lipinski definition) is 4. The van der Waals surface area contributed by atoms with Crippen LogP contribution in [0.25, 0.3) is 27.0 Å². The minimum atomic E-state index is 0.497. The largest absolute Gasteiger partial charge is 0.296 e. The molecule has 0 spiro atoms. The van der Waals surface area contributed by atoms with E-state index in [2.05, 4.69) is 28.3 Å². The zero-order chi connectivity index (χ0) is 13.5. The molecule has 0 N–H and O–H groups in total. The minimum Gasteiger partial charge on any atom is -0.296 e. The molecular weight excluding hydrogens is 270 g/mol. The normalized spacial score (nSPS) is 11.2. The molecule has 0 saturated carbocycles. The molecular formula is C15H9N3OS. The summed E-state index contributed by atoms with van der Waals surface area (Å²) in [4.78, 5) is 16.6. The van der Waals surface area contributed by atoms with Gasteiger partial charge in [0.25, 0.3) is 0 Å². The van der Waals surface area contributed by atoms with Gasteiger partial charge in [0.1, 0.15) is 16.9 Å². The van der Waals surface area contributed by atoms with Crippen molar-refractivity contribution in [3.8, 4) is 11.3 Å². The molecule has 0 saturated heterocycles. The van der Waals surface area contributed by atoms with Crippen molar-refractivity contribution in [1.29, 1.82) is 0 Å². The summed E-state index contributed by atoms with van der Waals surface area (Å²) in [6.07, 6.45) is 0.810. The molecule has 20 heavy (non-hydrogen) atoms. The second kappa shape index (κ2) is 4.25. The first-order valence-corrected chi connectivity index (χ1v) is 7.01. The van der Waals surface area contributed by atoms with Gasteiger partial charge < -0.3 is 0 Å². The van der Waals surface area contributed by atoms with Gasteiger partial charge in [0.2, 0.25) is 4.96 Å². The number of imidazole rings is 1. The molecule has 4 rings (SSSR count). The van der Waals surface area contributed by atoms with E-state index in [1.54, 1.807) is 10.0 Å². The van der Waals surface area contributed by atoms with Crippen LogP contribution in [0.15, 0.2) is 48.0 Å². The lowest BCUT2D eigenvalue weighted by Crippen LogP contribution is -1.92. The van der Waals surface area contributed by atoms with Crippen molar-refractivity contribution in [3.05, 3.63) is 53.7 Å². The topological polar surface area (TPSA) is 47.3 Å². The van der Waals surface area contributed by atoms with Crippen molar-refractivity contribution in [2.24, 2.45) is 0 Å². The molecule has 2 aromatic carbocycles. The molecule has 0 aliphatic heterocycles. The number of aromatic nitrogens is 3. The van der Waals surface area contributed by atoms with Crippen molar-refractivity contribution in [2.45, 2.75) is 0 Å². The van der Waals surface area contributed by atoms with Crippen molar-refractivity contribution in [2.75, 3.05) is 0 Å². The Morgan fingerprint density at radius 1 is 1.10 bits per heavy atom. The number of benzene rings is 2. The van der Waals surface area contributed by atoms with E-state index in [4.69, 9.17) is 0 Å². The van der Waals surface area contributed by atoms with Crippen LogP contribution >= 0.6 is 11.3 Å². The molecule has 96 valence electrons. The van der Waals surface area contributed by atoms with Crippen LogP contribution in [-0.2, 0) is 0 Å². The van der Waals surface area contributed by atoms with E-state index < -0.39 is 0 Å². The maximum atomic E-state index is 11.3. The van der Waals surface area contributed by atoms with Crippen LogP contribution in [0.2, 0.25) is 0 Å². The van der Waals surface area contributed by atoms with Gasteiger partial charge in [-0.2, -0.15) is 9.61 Å². The standard InChI is InChI=1S/C15H9N3OS/c19-8-13-14(17-15-18(13)16-9-20-15)12-6-5-10-3-1-2-4-11(10)7-12/h1-9H. The van der Waals surface area contributed by atoms with Crippen molar-refractivity contribution in [1.82, 2.24) is 14.6 Å². The number of hydrogen-bond donors (Lipinski definition) is 0. The molecule has 5 heteroatoms. The van der Waals surface area contributed by atoms with Crippen molar-refractivity contribution < 1.29 is 4.79 Å². The lowest BCUT2D eigenvalue weighted by atomic mass is 10.0. The lowest BCUT2D eigenvalue weighted by molar-refractivity contribution is 0.111. The molecule has 0 aliphatic rings. The van der Waals surface area contributed by atoms with Gasteiger partial charge >= 0.3 is 0 Å². The van der Waals surface area contributed by atoms with E-state index in [0.717, 1.165) is 22.2 Å². The van der Waals surface area contributed by atoms with Gasteiger partial charge in [-0.05, 0) is 16.8 Å². The average Bonchev–Trinajstić information content (AvgIpc) is 3.07. The number of carbonyl (C=O) groups is 1. The summed E-state index contributed by atoms with van der Waals surface area (Å²) >= 11 is 1.42. The highest BCUT2D eigenvalue weighted by atomic mass is 32.1. The third-order valence-corrected chi connectivity index (χ3v) is 3.99. The average molecular weight is 279 g/mol. The Kier molecular flexibility index (Phi) is 2.40. The molecule has 0 aliphatic carbocycles. The highest BCUT2D eigenvalue weighted by molar-refractivity contribution is 7.14. The third kappa shape index (κ3) is 1.57. The Balaban J connectivity index is 2.00. The summed E-state index contributed by atoms with van der Waals surface area (Å²) in [5.74, 6) is 0. The Morgan fingerprint density at radius 2 is 1.95 bits per heavy atom. The molecule has 0 unspecified atom stereocenters. The fraction of sp³-hybridized carbons (Fsp3) is 0. The highest BCUT2D eigenvalue weighted by Crippen LogP contribution is 2.27. The van der Waals surface area contributed by atoms with Gasteiger partial charge in [-0.25, -0.2) is 4.98 Å². The first-order valence-electron chi connectivity index (χ1n) is 6.13. The van der Waals surface area contributed by atoms with Gasteiger partial charge in [-0.3, -0.25) is 4.79 Å². The first-order chi connectivity index (χ1) is 9.86. The number of aldehydes is 1. The monoisotopic (exact) mass is 279 g/mol. The van der Waals surface area contributed by atoms with Crippen LogP contribution < -0.4 is 0 Å². The van der Waals surface area contributed by atoms with Crippen LogP contribution in [-0.4, -0.2) is 20.9 Å². The smallest absolute Gasteiger partial charge is 0.213 e. The van der Waals surface area contributed by atoms with E-state index in [-0.39, 0.29) is 0 Å². The number of carbonyl (C=O) groups excluding carboxylic acids is 1. The van der Waals surface area contributed by atoms with Crippen LogP contribution in [0.1, 0.15) is 10.5 Å². The first kappa shape index (κ1) is 11.3. The molecule has 4 aromatic rings. The van der Waals surface area contributed by atoms with Crippen LogP contribution in [0.5, 0.6) is 0 Å². The van der Waals surface area contributed by atoms with Crippen molar-refractivity contribution in [3.63, 3.8) is 0 Å². The molecule has 0 fully saturated rings. The quantitative estimate of drug-likeness (QED) is 0.528. The maximum absolute atomic E-state index is 11.3. The summed E-state index contributed by atoms with van der Waals surface area (Å²) in [5.41, 5.74) is 3.80. The van der Waals surface area contributed by atoms with E-state index in [0.29, 0.717) is 11.4 Å². The Hall–Kier alpha value is -2.53. The molecule has 0 bridgehead atoms. The minimum absolute atomic E-state index is 0.497. The van der Waals surface area contributed by atoms with E-state index in [1.165, 1.54) is 16.7 Å². The third-order valence-electron chi connectivity index (χ3n) is 3.31. The Bertz CT molecular complexity index is 939. The van der Waals surface area contributed by atoms with Gasteiger partial charge in [-0.1, -0.05) is 47.7 Å². The molecule has 0 radical (unpaired) electrons. The maximum Gasteiger partial charge on any atom is 0.213 e. The van der Waals surface area contributed by atoms with E-state index in [1.807, 2.05) is 24.3 Å². The SMILES string of the molecule is O=Cc1c(-c2ccc3ccccc3c2)nc2scnn12. The second-order valence-electron chi connectivity index (χ2n) is 4.46. The van der Waals surface area contributed by atoms with Crippen LogP contribution in [0.3, 0.4) is 0 Å². The predicted molar refractivity (Wildman–Crippen MR) is 79.2 cm³/mol. The molecule has 4 nitrogen and oxygen atoms in total. The lowest BCUT2D eigenvalue weighted by Gasteiger charge is -2.01. The van der Waals surface area contributed by atoms with Gasteiger partial charge in [0, 0.05) is 5.56 Å². The summed E-state index contributed by atoms with van der Waals surface area (Å²) < 4.78 is 1.59. The molecule has 0 amide bonds. The summed E-state index contributed by atoms with van der Waals surface area (Å²) in [6.45, 7) is 0. The van der Waals surface area contributed by atoms with Crippen LogP contribution in [0.4, 0.5) is 0 Å². The van der Waals surface area contributed by atoms with E-state index in [9.17, 15) is 4.79 Å². The fourth-order valence-electron chi connectivity index (χ4n) is 2.36. The zero-order valence-corrected chi connectivity index (χ0v) is 11.2. The summed E-state index contributed by atoms with van der Waals surface area (Å²) in [6, 6.07) is 14.2. The predicted octanol–water partition coefficient (Wildman–Crippen LogP) is 3.42. The number of fused-ring (bicyclic) bond motifs is 2. The summed E-state index contributed by atoms with van der Waals surface area (Å²) in [5, 5.41) is 6.44. The van der Waals surface area contributed by atoms with E-state index >= 15 is 0 Å². The molecule has 2 heterocycles. The number of nitrogens with zero attached hydrogens (tertiary/aromatic N) is 3. The van der Waals surface area contributed by atoms with Gasteiger partial charge in [0.05, 0.1) is 0 Å². The van der Waals surface area contributed by atoms with Crippen molar-refractivity contribution >= 4 is 33.4 Å². The Morgan fingerprint density at radius 3 is 2.80 bits per heavy atom. The van der Waals surface area contributed by atoms with Gasteiger partial charge in [-0.15, -0.1) is 0 Å². The fourth-order valence-corrected chi connectivity index (χ4v) is 2.99. The Labute approximate surface area is 118 Å². The summed E-state index contributed by atoms with van der Waals surface area (Å²) in [7, 11) is 0. The number of rotatable bonds is 2. The molecule has 2 aromatic heterocycles.